The zero-order chi connectivity index (χ0) is 9.84. The molecule has 1 aliphatic rings. The Hall–Kier alpha value is -0.340. The fourth-order valence-corrected chi connectivity index (χ4v) is 1.32. The van der Waals surface area contributed by atoms with Crippen LogP contribution in [0.25, 0.3) is 0 Å². The van der Waals surface area contributed by atoms with E-state index in [1.807, 2.05) is 0 Å². The molecule has 4 atom stereocenters. The monoisotopic (exact) mass is 209 g/mol. The van der Waals surface area contributed by atoms with Crippen molar-refractivity contribution >= 4 is 17.6 Å². The van der Waals surface area contributed by atoms with Crippen LogP contribution in [-0.2, 0) is 29.8 Å². The highest BCUT2D eigenvalue weighted by Gasteiger charge is 2.30. The van der Waals surface area contributed by atoms with E-state index in [1.165, 1.54) is 6.92 Å². The summed E-state index contributed by atoms with van der Waals surface area (Å²) in [5.74, 6) is 0. The maximum absolute atomic E-state index is 10.2. The van der Waals surface area contributed by atoms with E-state index in [1.54, 1.807) is 0 Å². The van der Waals surface area contributed by atoms with Crippen LogP contribution in [0.1, 0.15) is 6.92 Å². The van der Waals surface area contributed by atoms with Crippen LogP contribution in [0, 0.1) is 0 Å². The van der Waals surface area contributed by atoms with E-state index in [2.05, 4.69) is 4.18 Å². The molecule has 0 bridgehead atoms. The molecule has 0 aliphatic carbocycles. The molecule has 1 saturated heterocycles. The second-order valence-corrected chi connectivity index (χ2v) is 3.12. The van der Waals surface area contributed by atoms with Gasteiger partial charge in [0.1, 0.15) is 6.10 Å². The summed E-state index contributed by atoms with van der Waals surface area (Å²) in [6.45, 7) is 1.68. The number of aldehydes is 1. The largest absolute Gasteiger partial charge is 0.750 e. The van der Waals surface area contributed by atoms with Crippen molar-refractivity contribution in [2.24, 2.45) is 0 Å². The molecule has 0 saturated carbocycles. The number of carbonyl (C=O) groups excluding carboxylic acids is 1. The smallest absolute Gasteiger partial charge is 0.215 e. The summed E-state index contributed by atoms with van der Waals surface area (Å²) in [7, 11) is 0. The fraction of sp³-hybridized carbons (Fsp3) is 0.833. The number of carbonyl (C=O) groups is 1. The zero-order valence-electron chi connectivity index (χ0n) is 6.87. The Balaban J connectivity index is 2.36. The quantitative estimate of drug-likeness (QED) is 0.442. The first-order valence-electron chi connectivity index (χ1n) is 3.62. The lowest BCUT2D eigenvalue weighted by atomic mass is 10.2. The van der Waals surface area contributed by atoms with Gasteiger partial charge in [-0.1, -0.05) is 0 Å². The van der Waals surface area contributed by atoms with Gasteiger partial charge in [0.15, 0.2) is 6.29 Å². The van der Waals surface area contributed by atoms with Crippen LogP contribution < -0.4 is 0 Å². The van der Waals surface area contributed by atoms with Gasteiger partial charge in [-0.05, 0) is 6.92 Å². The summed E-state index contributed by atoms with van der Waals surface area (Å²) >= 11 is -2.58. The van der Waals surface area contributed by atoms with Crippen LogP contribution in [-0.4, -0.2) is 40.2 Å². The Labute approximate surface area is 77.6 Å². The Bertz CT molecular complexity index is 207. The summed E-state index contributed by atoms with van der Waals surface area (Å²) in [6, 6.07) is 0. The maximum Gasteiger partial charge on any atom is 0.215 e. The van der Waals surface area contributed by atoms with Crippen molar-refractivity contribution < 1.29 is 27.2 Å². The van der Waals surface area contributed by atoms with E-state index in [0.717, 1.165) is 0 Å². The molecule has 1 heterocycles. The Morgan fingerprint density at radius 3 is 2.92 bits per heavy atom. The molecule has 0 N–H and O–H groups in total. The lowest BCUT2D eigenvalue weighted by Crippen LogP contribution is -2.29. The van der Waals surface area contributed by atoms with E-state index in [9.17, 15) is 13.6 Å². The van der Waals surface area contributed by atoms with Gasteiger partial charge in [0.05, 0.1) is 24.1 Å². The van der Waals surface area contributed by atoms with Gasteiger partial charge < -0.3 is 14.0 Å². The molecule has 0 radical (unpaired) electrons. The molecule has 1 aliphatic heterocycles. The highest BCUT2D eigenvalue weighted by Crippen LogP contribution is 2.15. The predicted molar refractivity (Wildman–Crippen MR) is 40.1 cm³/mol. The van der Waals surface area contributed by atoms with Crippen molar-refractivity contribution in [3.8, 4) is 0 Å². The molecule has 4 unspecified atom stereocenters. The molecule has 13 heavy (non-hydrogen) atoms. The van der Waals surface area contributed by atoms with Crippen LogP contribution in [0.4, 0.5) is 0 Å². The Morgan fingerprint density at radius 1 is 1.77 bits per heavy atom. The average molecular weight is 209 g/mol. The van der Waals surface area contributed by atoms with Crippen molar-refractivity contribution in [1.29, 1.82) is 0 Å². The molecular formula is C6H9O6S-. The van der Waals surface area contributed by atoms with Gasteiger partial charge in [-0.25, -0.2) is 4.21 Å². The van der Waals surface area contributed by atoms with Gasteiger partial charge >= 0.3 is 0 Å². The van der Waals surface area contributed by atoms with Gasteiger partial charge in [-0.2, -0.15) is 0 Å². The number of hydrogen-bond acceptors (Lipinski definition) is 6. The Morgan fingerprint density at radius 2 is 2.46 bits per heavy atom. The summed E-state index contributed by atoms with van der Waals surface area (Å²) in [5, 5.41) is 0. The zero-order valence-corrected chi connectivity index (χ0v) is 7.69. The van der Waals surface area contributed by atoms with Crippen molar-refractivity contribution in [2.45, 2.75) is 25.4 Å². The number of ether oxygens (including phenoxy) is 2. The molecule has 0 spiro atoms. The lowest BCUT2D eigenvalue weighted by molar-refractivity contribution is -0.134. The molecule has 0 amide bonds. The van der Waals surface area contributed by atoms with Gasteiger partial charge in [0, 0.05) is 0 Å². The minimum atomic E-state index is -2.58. The summed E-state index contributed by atoms with van der Waals surface area (Å²) in [4.78, 5) is 10.2. The first kappa shape index (κ1) is 10.7. The minimum Gasteiger partial charge on any atom is -0.750 e. The summed E-state index contributed by atoms with van der Waals surface area (Å²) in [5.41, 5.74) is 0. The first-order valence-corrected chi connectivity index (χ1v) is 4.62. The fourth-order valence-electron chi connectivity index (χ4n) is 0.944. The van der Waals surface area contributed by atoms with Crippen LogP contribution in [0.15, 0.2) is 0 Å². The number of rotatable bonds is 4. The minimum absolute atomic E-state index is 0.155. The van der Waals surface area contributed by atoms with E-state index in [-0.39, 0.29) is 6.61 Å². The normalized spacial score (nSPS) is 32.8. The lowest BCUT2D eigenvalue weighted by Gasteiger charge is -2.18. The van der Waals surface area contributed by atoms with E-state index < -0.39 is 29.9 Å². The molecule has 0 aromatic carbocycles. The van der Waals surface area contributed by atoms with Gasteiger partial charge in [0.25, 0.3) is 0 Å². The van der Waals surface area contributed by atoms with Crippen molar-refractivity contribution in [2.75, 3.05) is 6.61 Å². The number of hydrogen-bond donors (Lipinski definition) is 0. The molecule has 6 nitrogen and oxygen atoms in total. The Kier molecular flexibility index (Phi) is 3.94. The topological polar surface area (TPSA) is 84.9 Å². The van der Waals surface area contributed by atoms with Crippen molar-refractivity contribution in [3.05, 3.63) is 0 Å². The van der Waals surface area contributed by atoms with Crippen molar-refractivity contribution in [1.82, 2.24) is 0 Å². The average Bonchev–Trinajstić information content (AvgIpc) is 2.50. The first-order chi connectivity index (χ1) is 6.13. The molecule has 1 rings (SSSR count). The van der Waals surface area contributed by atoms with E-state index >= 15 is 0 Å². The SMILES string of the molecule is CC(OS(=O)[O-])C1COC(C=O)O1. The summed E-state index contributed by atoms with van der Waals surface area (Å²) in [6.07, 6.45) is -1.58. The van der Waals surface area contributed by atoms with Gasteiger partial charge in [-0.3, -0.25) is 8.98 Å². The highest BCUT2D eigenvalue weighted by molar-refractivity contribution is 7.74. The molecule has 7 heteroatoms. The second kappa shape index (κ2) is 4.77. The van der Waals surface area contributed by atoms with E-state index in [4.69, 9.17) is 9.47 Å². The second-order valence-electron chi connectivity index (χ2n) is 2.52. The molecule has 0 aromatic rings. The van der Waals surface area contributed by atoms with Crippen LogP contribution in [0.5, 0.6) is 0 Å². The maximum atomic E-state index is 10.2. The van der Waals surface area contributed by atoms with Gasteiger partial charge in [-0.15, -0.1) is 0 Å². The van der Waals surface area contributed by atoms with Gasteiger partial charge in [0.2, 0.25) is 6.29 Å². The predicted octanol–water partition coefficient (Wildman–Crippen LogP) is -0.874. The standard InChI is InChI=1S/C6H10O6S/c1-4(12-13(8)9)5-3-10-6(2-7)11-5/h2,4-6H,3H2,1H3,(H,8,9)/p-1. The van der Waals surface area contributed by atoms with Crippen LogP contribution in [0.2, 0.25) is 0 Å². The van der Waals surface area contributed by atoms with Crippen LogP contribution >= 0.6 is 0 Å². The van der Waals surface area contributed by atoms with Crippen molar-refractivity contribution in [3.63, 3.8) is 0 Å². The third kappa shape index (κ3) is 3.12. The molecular weight excluding hydrogens is 200 g/mol. The molecule has 1 fully saturated rings. The molecule has 0 aromatic heterocycles. The van der Waals surface area contributed by atoms with E-state index in [0.29, 0.717) is 6.29 Å². The molecule has 76 valence electrons. The van der Waals surface area contributed by atoms with Crippen LogP contribution in [0.3, 0.4) is 0 Å². The third-order valence-electron chi connectivity index (χ3n) is 1.60. The summed E-state index contributed by atoms with van der Waals surface area (Å²) < 4.78 is 34.5. The highest BCUT2D eigenvalue weighted by atomic mass is 32.2. The third-order valence-corrected chi connectivity index (χ3v) is 2.06.